The number of fused-ring (bicyclic) bond motifs is 1. The van der Waals surface area contributed by atoms with Gasteiger partial charge in [0, 0.05) is 56.6 Å². The number of carbonyl (C=O) groups excluding carboxylic acids is 2. The molecule has 0 radical (unpaired) electrons. The Hall–Kier alpha value is -2.64. The molecule has 3 unspecified atom stereocenters. The molecular weight excluding hydrogens is 444 g/mol. The third kappa shape index (κ3) is 5.31. The molecule has 1 saturated carbocycles. The number of allylic oxidation sites excluding steroid dienone is 1. The van der Waals surface area contributed by atoms with Crippen molar-refractivity contribution in [3.8, 4) is 0 Å². The molecule has 1 aromatic carbocycles. The molecule has 1 aliphatic carbocycles. The lowest BCUT2D eigenvalue weighted by Gasteiger charge is -2.39. The molecule has 1 N–H and O–H groups in total. The van der Waals surface area contributed by atoms with Crippen molar-refractivity contribution >= 4 is 22.7 Å². The van der Waals surface area contributed by atoms with E-state index in [2.05, 4.69) is 0 Å². The van der Waals surface area contributed by atoms with Gasteiger partial charge in [-0.3, -0.25) is 14.2 Å². The Morgan fingerprint density at radius 3 is 2.63 bits per heavy atom. The summed E-state index contributed by atoms with van der Waals surface area (Å²) in [5, 5.41) is 10.5. The maximum Gasteiger partial charge on any atom is 0.288 e. The van der Waals surface area contributed by atoms with E-state index in [1.807, 2.05) is 55.4 Å². The third-order valence-corrected chi connectivity index (χ3v) is 7.51. The predicted octanol–water partition coefficient (Wildman–Crippen LogP) is 4.84. The van der Waals surface area contributed by atoms with Crippen molar-refractivity contribution in [3.05, 3.63) is 47.9 Å². The topological polar surface area (TPSA) is 81.0 Å². The van der Waals surface area contributed by atoms with E-state index in [9.17, 15) is 14.7 Å². The summed E-state index contributed by atoms with van der Waals surface area (Å²) in [6, 6.07) is 8.06. The van der Waals surface area contributed by atoms with Gasteiger partial charge in [-0.2, -0.15) is 0 Å². The highest BCUT2D eigenvalue weighted by molar-refractivity contribution is 5.95. The number of aliphatic hydroxyl groups excluding tert-OH is 1. The molecular formula is C28H38N2O5. The SMILES string of the molecule is CCOC1OC(C(=O)N(C)C2CCCCC2)=CC(c2cn(C(C)=O)c3ccccc23)C1CCCO. The highest BCUT2D eigenvalue weighted by Gasteiger charge is 2.40. The van der Waals surface area contributed by atoms with Gasteiger partial charge in [0.25, 0.3) is 5.91 Å². The monoisotopic (exact) mass is 482 g/mol. The van der Waals surface area contributed by atoms with Crippen molar-refractivity contribution < 1.29 is 24.2 Å². The minimum absolute atomic E-state index is 0.0647. The molecule has 35 heavy (non-hydrogen) atoms. The average Bonchev–Trinajstić information content (AvgIpc) is 3.27. The molecule has 7 nitrogen and oxygen atoms in total. The Balaban J connectivity index is 1.78. The van der Waals surface area contributed by atoms with E-state index in [1.54, 1.807) is 11.5 Å². The fraction of sp³-hybridized carbons (Fsp3) is 0.571. The lowest BCUT2D eigenvalue weighted by atomic mass is 9.80. The first kappa shape index (κ1) is 25.5. The Bertz CT molecular complexity index is 1070. The van der Waals surface area contributed by atoms with E-state index in [-0.39, 0.29) is 36.3 Å². The Morgan fingerprint density at radius 2 is 1.94 bits per heavy atom. The second-order valence-corrected chi connectivity index (χ2v) is 9.73. The molecule has 1 amide bonds. The Morgan fingerprint density at radius 1 is 1.20 bits per heavy atom. The number of rotatable bonds is 8. The largest absolute Gasteiger partial charge is 0.459 e. The molecule has 190 valence electrons. The maximum absolute atomic E-state index is 13.6. The molecule has 3 atom stereocenters. The van der Waals surface area contributed by atoms with Gasteiger partial charge in [-0.15, -0.1) is 0 Å². The number of likely N-dealkylation sites (N-methyl/N-ethyl adjacent to an activating group) is 1. The van der Waals surface area contributed by atoms with Crippen LogP contribution in [0.4, 0.5) is 0 Å². The number of hydrogen-bond donors (Lipinski definition) is 1. The van der Waals surface area contributed by atoms with Gasteiger partial charge >= 0.3 is 0 Å². The van der Waals surface area contributed by atoms with Crippen LogP contribution < -0.4 is 0 Å². The first-order valence-electron chi connectivity index (χ1n) is 12.9. The summed E-state index contributed by atoms with van der Waals surface area (Å²) in [5.74, 6) is -0.185. The highest BCUT2D eigenvalue weighted by Crippen LogP contribution is 2.43. The minimum atomic E-state index is -0.611. The van der Waals surface area contributed by atoms with E-state index in [4.69, 9.17) is 9.47 Å². The zero-order valence-electron chi connectivity index (χ0n) is 21.1. The van der Waals surface area contributed by atoms with Crippen LogP contribution in [-0.2, 0) is 14.3 Å². The molecule has 2 aliphatic rings. The number of hydrogen-bond acceptors (Lipinski definition) is 5. The van der Waals surface area contributed by atoms with Crippen LogP contribution in [-0.4, -0.2) is 59.0 Å². The first-order chi connectivity index (χ1) is 17.0. The summed E-state index contributed by atoms with van der Waals surface area (Å²) in [6.07, 6.45) is 9.99. The number of para-hydroxylation sites is 1. The molecule has 2 aromatic rings. The van der Waals surface area contributed by atoms with Gasteiger partial charge in [-0.05, 0) is 50.3 Å². The summed E-state index contributed by atoms with van der Waals surface area (Å²) >= 11 is 0. The second kappa shape index (κ2) is 11.4. The molecule has 0 bridgehead atoms. The van der Waals surface area contributed by atoms with E-state index in [1.165, 1.54) is 6.42 Å². The smallest absolute Gasteiger partial charge is 0.288 e. The van der Waals surface area contributed by atoms with Crippen LogP contribution in [0.2, 0.25) is 0 Å². The van der Waals surface area contributed by atoms with Gasteiger partial charge in [0.1, 0.15) is 0 Å². The summed E-state index contributed by atoms with van der Waals surface area (Å²) in [7, 11) is 1.87. The van der Waals surface area contributed by atoms with Gasteiger partial charge in [-0.25, -0.2) is 0 Å². The highest BCUT2D eigenvalue weighted by atomic mass is 16.7. The van der Waals surface area contributed by atoms with Gasteiger partial charge in [0.05, 0.1) is 5.52 Å². The summed E-state index contributed by atoms with van der Waals surface area (Å²) in [6.45, 7) is 3.98. The number of aliphatic hydroxyl groups is 1. The quantitative estimate of drug-likeness (QED) is 0.582. The molecule has 0 spiro atoms. The molecule has 0 saturated heterocycles. The number of ether oxygens (including phenoxy) is 2. The Kier molecular flexibility index (Phi) is 8.29. The van der Waals surface area contributed by atoms with Crippen LogP contribution in [0.5, 0.6) is 0 Å². The molecule has 2 heterocycles. The van der Waals surface area contributed by atoms with Crippen LogP contribution in [0, 0.1) is 5.92 Å². The van der Waals surface area contributed by atoms with Crippen LogP contribution in [0.3, 0.4) is 0 Å². The standard InChI is InChI=1S/C28H38N2O5/c1-4-34-28-22(14-10-16-31)23(24-18-30(19(2)32)25-15-9-8-13-21(24)25)17-26(35-28)27(33)29(3)20-11-6-5-7-12-20/h8-9,13,15,17-18,20,22-23,28,31H,4-7,10-12,14,16H2,1-3H3. The zero-order valence-corrected chi connectivity index (χ0v) is 21.1. The second-order valence-electron chi connectivity index (χ2n) is 9.73. The average molecular weight is 483 g/mol. The lowest BCUT2D eigenvalue weighted by Crippen LogP contribution is -2.43. The van der Waals surface area contributed by atoms with Crippen LogP contribution in [0.1, 0.15) is 75.1 Å². The fourth-order valence-electron chi connectivity index (χ4n) is 5.65. The first-order valence-corrected chi connectivity index (χ1v) is 12.9. The predicted molar refractivity (Wildman–Crippen MR) is 135 cm³/mol. The van der Waals surface area contributed by atoms with E-state index in [0.717, 1.165) is 42.1 Å². The van der Waals surface area contributed by atoms with Crippen LogP contribution in [0.25, 0.3) is 10.9 Å². The number of amides is 1. The lowest BCUT2D eigenvalue weighted by molar-refractivity contribution is -0.170. The van der Waals surface area contributed by atoms with E-state index < -0.39 is 6.29 Å². The van der Waals surface area contributed by atoms with E-state index >= 15 is 0 Å². The van der Waals surface area contributed by atoms with Crippen molar-refractivity contribution in [3.63, 3.8) is 0 Å². The minimum Gasteiger partial charge on any atom is -0.459 e. The normalized spacial score (nSPS) is 23.1. The van der Waals surface area contributed by atoms with Crippen molar-refractivity contribution in [2.75, 3.05) is 20.3 Å². The van der Waals surface area contributed by atoms with Gasteiger partial charge in [-0.1, -0.05) is 37.5 Å². The zero-order chi connectivity index (χ0) is 24.9. The molecule has 1 aromatic heterocycles. The summed E-state index contributed by atoms with van der Waals surface area (Å²) in [4.78, 5) is 27.8. The van der Waals surface area contributed by atoms with Crippen LogP contribution >= 0.6 is 0 Å². The molecule has 1 fully saturated rings. The number of carbonyl (C=O) groups is 2. The van der Waals surface area contributed by atoms with Crippen LogP contribution in [0.15, 0.2) is 42.3 Å². The molecule has 1 aliphatic heterocycles. The fourth-order valence-corrected chi connectivity index (χ4v) is 5.65. The van der Waals surface area contributed by atoms with Crippen molar-refractivity contribution in [2.45, 2.75) is 77.0 Å². The molecule has 4 rings (SSSR count). The number of aromatic nitrogens is 1. The van der Waals surface area contributed by atoms with Gasteiger partial charge < -0.3 is 19.5 Å². The van der Waals surface area contributed by atoms with Crippen molar-refractivity contribution in [2.24, 2.45) is 5.92 Å². The van der Waals surface area contributed by atoms with Gasteiger partial charge in [0.2, 0.25) is 12.2 Å². The van der Waals surface area contributed by atoms with Crippen molar-refractivity contribution in [1.29, 1.82) is 0 Å². The number of nitrogens with zero attached hydrogens (tertiary/aromatic N) is 2. The summed E-state index contributed by atoms with van der Waals surface area (Å²) in [5.41, 5.74) is 1.81. The molecule has 7 heteroatoms. The van der Waals surface area contributed by atoms with Crippen molar-refractivity contribution in [1.82, 2.24) is 9.47 Å². The Labute approximate surface area is 207 Å². The third-order valence-electron chi connectivity index (χ3n) is 7.51. The number of benzene rings is 1. The van der Waals surface area contributed by atoms with E-state index in [0.29, 0.717) is 25.2 Å². The summed E-state index contributed by atoms with van der Waals surface area (Å²) < 4.78 is 13.9. The van der Waals surface area contributed by atoms with Gasteiger partial charge in [0.15, 0.2) is 5.76 Å². The maximum atomic E-state index is 13.6.